The number of hydrogen-bond donors (Lipinski definition) is 1. The topological polar surface area (TPSA) is 41.9 Å². The van der Waals surface area contributed by atoms with Crippen LogP contribution in [-0.2, 0) is 0 Å². The van der Waals surface area contributed by atoms with Crippen molar-refractivity contribution in [3.8, 4) is 11.5 Å². The molecule has 4 aromatic rings. The standard InChI is InChI=1S/C28H27NO3/c1-17-5-7-19-8-6-18(2)25-26(19)24(17)27(20-9-13-22(31-3)14-10-20)29(30)28(25)21-11-15-23(32-4)16-12-21/h5-16,27-28,30H,1-4H3. The second-order valence-electron chi connectivity index (χ2n) is 8.42. The molecule has 32 heavy (non-hydrogen) atoms. The number of nitrogens with zero attached hydrogens (tertiary/aromatic N) is 1. The molecule has 5 rings (SSSR count). The summed E-state index contributed by atoms with van der Waals surface area (Å²) in [5, 5.41) is 15.7. The molecule has 0 radical (unpaired) electrons. The first-order valence-electron chi connectivity index (χ1n) is 10.8. The SMILES string of the molecule is COc1ccc(C2c3c(C)ccc4ccc(C)c(c34)C(c3ccc(OC)cc3)N2O)cc1. The molecule has 4 heteroatoms. The van der Waals surface area contributed by atoms with Gasteiger partial charge in [-0.25, -0.2) is 0 Å². The van der Waals surface area contributed by atoms with E-state index in [0.717, 1.165) is 44.9 Å². The van der Waals surface area contributed by atoms with Gasteiger partial charge in [0.05, 0.1) is 26.3 Å². The van der Waals surface area contributed by atoms with Crippen molar-refractivity contribution in [3.05, 3.63) is 106 Å². The first-order chi connectivity index (χ1) is 15.5. The molecule has 1 aliphatic heterocycles. The van der Waals surface area contributed by atoms with Gasteiger partial charge in [-0.3, -0.25) is 0 Å². The molecule has 0 bridgehead atoms. The fraction of sp³-hybridized carbons (Fsp3) is 0.214. The van der Waals surface area contributed by atoms with Crippen LogP contribution in [0.3, 0.4) is 0 Å². The van der Waals surface area contributed by atoms with Gasteiger partial charge in [-0.1, -0.05) is 48.5 Å². The molecule has 0 saturated heterocycles. The third-order valence-corrected chi connectivity index (χ3v) is 6.64. The molecule has 0 amide bonds. The third-order valence-electron chi connectivity index (χ3n) is 6.64. The van der Waals surface area contributed by atoms with Crippen molar-refractivity contribution in [2.24, 2.45) is 0 Å². The Morgan fingerprint density at radius 3 is 1.41 bits per heavy atom. The molecule has 4 nitrogen and oxygen atoms in total. The first kappa shape index (κ1) is 20.6. The second-order valence-corrected chi connectivity index (χ2v) is 8.42. The van der Waals surface area contributed by atoms with Crippen LogP contribution in [0.5, 0.6) is 11.5 Å². The van der Waals surface area contributed by atoms with E-state index in [1.807, 2.05) is 48.5 Å². The summed E-state index contributed by atoms with van der Waals surface area (Å²) in [6.45, 7) is 4.25. The van der Waals surface area contributed by atoms with E-state index in [2.05, 4.69) is 38.1 Å². The van der Waals surface area contributed by atoms with Crippen LogP contribution in [0.25, 0.3) is 10.8 Å². The average molecular weight is 426 g/mol. The molecule has 4 aromatic carbocycles. The molecule has 2 atom stereocenters. The number of hydrogen-bond acceptors (Lipinski definition) is 4. The summed E-state index contributed by atoms with van der Waals surface area (Å²) in [6, 6.07) is 24.0. The van der Waals surface area contributed by atoms with Gasteiger partial charge >= 0.3 is 0 Å². The van der Waals surface area contributed by atoms with E-state index in [-0.39, 0.29) is 12.1 Å². The van der Waals surface area contributed by atoms with Crippen LogP contribution in [0.1, 0.15) is 45.5 Å². The van der Waals surface area contributed by atoms with Crippen LogP contribution in [0, 0.1) is 13.8 Å². The van der Waals surface area contributed by atoms with Crippen LogP contribution in [0.4, 0.5) is 0 Å². The number of rotatable bonds is 4. The van der Waals surface area contributed by atoms with Gasteiger partial charge in [0.15, 0.2) is 0 Å². The molecule has 0 fully saturated rings. The Morgan fingerprint density at radius 2 is 1.03 bits per heavy atom. The highest BCUT2D eigenvalue weighted by Gasteiger charge is 2.38. The van der Waals surface area contributed by atoms with Crippen LogP contribution < -0.4 is 9.47 Å². The molecule has 0 spiro atoms. The van der Waals surface area contributed by atoms with Crippen molar-refractivity contribution >= 4 is 10.8 Å². The van der Waals surface area contributed by atoms with Crippen LogP contribution in [0.2, 0.25) is 0 Å². The zero-order valence-electron chi connectivity index (χ0n) is 18.8. The monoisotopic (exact) mass is 425 g/mol. The predicted molar refractivity (Wildman–Crippen MR) is 127 cm³/mol. The summed E-state index contributed by atoms with van der Waals surface area (Å²) < 4.78 is 10.7. The number of aryl methyl sites for hydroxylation is 2. The summed E-state index contributed by atoms with van der Waals surface area (Å²) in [7, 11) is 3.33. The lowest BCUT2D eigenvalue weighted by Gasteiger charge is -2.41. The minimum atomic E-state index is -0.300. The lowest BCUT2D eigenvalue weighted by Crippen LogP contribution is -2.36. The van der Waals surface area contributed by atoms with Crippen LogP contribution in [-0.4, -0.2) is 24.5 Å². The van der Waals surface area contributed by atoms with Gasteiger partial charge < -0.3 is 14.7 Å². The average Bonchev–Trinajstić information content (AvgIpc) is 2.83. The normalized spacial score (nSPS) is 18.0. The quantitative estimate of drug-likeness (QED) is 0.413. The molecular weight excluding hydrogens is 398 g/mol. The van der Waals surface area contributed by atoms with E-state index in [0.29, 0.717) is 0 Å². The van der Waals surface area contributed by atoms with Crippen LogP contribution in [0.15, 0.2) is 72.8 Å². The highest BCUT2D eigenvalue weighted by molar-refractivity contribution is 5.93. The lowest BCUT2D eigenvalue weighted by molar-refractivity contribution is -0.144. The van der Waals surface area contributed by atoms with E-state index in [4.69, 9.17) is 9.47 Å². The Hall–Kier alpha value is -3.34. The van der Waals surface area contributed by atoms with Crippen molar-refractivity contribution in [1.29, 1.82) is 0 Å². The van der Waals surface area contributed by atoms with Gasteiger partial charge in [0.1, 0.15) is 11.5 Å². The van der Waals surface area contributed by atoms with Gasteiger partial charge in [-0.05, 0) is 82.3 Å². The molecular formula is C28H27NO3. The predicted octanol–water partition coefficient (Wildman–Crippen LogP) is 6.36. The fourth-order valence-electron chi connectivity index (χ4n) is 5.01. The number of methoxy groups -OCH3 is 2. The molecule has 162 valence electrons. The lowest BCUT2D eigenvalue weighted by atomic mass is 9.78. The fourth-order valence-corrected chi connectivity index (χ4v) is 5.01. The molecule has 1 aliphatic rings. The summed E-state index contributed by atoms with van der Waals surface area (Å²) in [5.41, 5.74) is 6.68. The maximum atomic E-state index is 11.8. The van der Waals surface area contributed by atoms with Crippen molar-refractivity contribution in [2.75, 3.05) is 14.2 Å². The maximum Gasteiger partial charge on any atom is 0.118 e. The number of ether oxygens (including phenoxy) is 2. The summed E-state index contributed by atoms with van der Waals surface area (Å²) in [4.78, 5) is 0. The number of hydroxylamine groups is 2. The Morgan fingerprint density at radius 1 is 0.625 bits per heavy atom. The minimum absolute atomic E-state index is 0.300. The van der Waals surface area contributed by atoms with Crippen molar-refractivity contribution in [1.82, 2.24) is 5.06 Å². The smallest absolute Gasteiger partial charge is 0.118 e. The molecule has 1 N–H and O–H groups in total. The molecule has 2 unspecified atom stereocenters. The van der Waals surface area contributed by atoms with Gasteiger partial charge in [0.2, 0.25) is 0 Å². The molecule has 0 aliphatic carbocycles. The Bertz CT molecular complexity index is 1180. The largest absolute Gasteiger partial charge is 0.497 e. The Labute approximate surface area is 188 Å². The minimum Gasteiger partial charge on any atom is -0.497 e. The van der Waals surface area contributed by atoms with Crippen molar-refractivity contribution in [2.45, 2.75) is 25.9 Å². The van der Waals surface area contributed by atoms with Crippen molar-refractivity contribution in [3.63, 3.8) is 0 Å². The van der Waals surface area contributed by atoms with Crippen molar-refractivity contribution < 1.29 is 14.7 Å². The van der Waals surface area contributed by atoms with Gasteiger partial charge in [0.25, 0.3) is 0 Å². The zero-order chi connectivity index (χ0) is 22.4. The Balaban J connectivity index is 1.81. The maximum absolute atomic E-state index is 11.8. The van der Waals surface area contributed by atoms with E-state index in [1.165, 1.54) is 15.8 Å². The number of benzene rings is 4. The summed E-state index contributed by atoms with van der Waals surface area (Å²) >= 11 is 0. The summed E-state index contributed by atoms with van der Waals surface area (Å²) in [6.07, 6.45) is 0. The second kappa shape index (κ2) is 7.97. The van der Waals surface area contributed by atoms with E-state index >= 15 is 0 Å². The van der Waals surface area contributed by atoms with Gasteiger partial charge in [-0.15, -0.1) is 0 Å². The van der Waals surface area contributed by atoms with Gasteiger partial charge in [0, 0.05) is 0 Å². The van der Waals surface area contributed by atoms with Crippen LogP contribution >= 0.6 is 0 Å². The van der Waals surface area contributed by atoms with E-state index < -0.39 is 0 Å². The summed E-state index contributed by atoms with van der Waals surface area (Å²) in [5.74, 6) is 1.60. The highest BCUT2D eigenvalue weighted by Crippen LogP contribution is 2.49. The third kappa shape index (κ3) is 3.15. The molecule has 0 saturated carbocycles. The van der Waals surface area contributed by atoms with Gasteiger partial charge in [-0.2, -0.15) is 5.06 Å². The highest BCUT2D eigenvalue weighted by atomic mass is 16.5. The van der Waals surface area contributed by atoms with E-state index in [1.54, 1.807) is 14.2 Å². The first-order valence-corrected chi connectivity index (χ1v) is 10.8. The Kier molecular flexibility index (Phi) is 5.12. The zero-order valence-corrected chi connectivity index (χ0v) is 18.8. The molecule has 1 heterocycles. The van der Waals surface area contributed by atoms with E-state index in [9.17, 15) is 5.21 Å². The molecule has 0 aromatic heterocycles.